The van der Waals surface area contributed by atoms with Gasteiger partial charge in [0.05, 0.1) is 12.7 Å². The number of phosphoric acid groups is 3. The van der Waals surface area contributed by atoms with Gasteiger partial charge >= 0.3 is 29.2 Å². The summed E-state index contributed by atoms with van der Waals surface area (Å²) in [5.41, 5.74) is -3.45. The van der Waals surface area contributed by atoms with Gasteiger partial charge in [-0.05, 0) is 6.92 Å². The first-order valence-electron chi connectivity index (χ1n) is 8.16. The van der Waals surface area contributed by atoms with Crippen molar-refractivity contribution in [1.82, 2.24) is 9.55 Å². The molecule has 2 saturated heterocycles. The van der Waals surface area contributed by atoms with Crippen LogP contribution in [-0.4, -0.2) is 64.8 Å². The van der Waals surface area contributed by atoms with Crippen molar-refractivity contribution >= 4 is 23.5 Å². The molecular formula is C11H17N2O15P3. The number of aromatic amines is 1. The van der Waals surface area contributed by atoms with Crippen LogP contribution >= 0.6 is 23.5 Å². The van der Waals surface area contributed by atoms with Crippen LogP contribution in [0, 0.1) is 0 Å². The first-order chi connectivity index (χ1) is 14.1. The van der Waals surface area contributed by atoms with Gasteiger partial charge in [-0.25, -0.2) is 18.5 Å². The maximum atomic E-state index is 12.0. The van der Waals surface area contributed by atoms with E-state index in [2.05, 4.69) is 13.1 Å². The second-order valence-electron chi connectivity index (χ2n) is 6.53. The van der Waals surface area contributed by atoms with E-state index in [1.54, 1.807) is 0 Å². The summed E-state index contributed by atoms with van der Waals surface area (Å²) >= 11 is 0. The smallest absolute Gasteiger partial charge is 0.387 e. The van der Waals surface area contributed by atoms with Gasteiger partial charge in [-0.1, -0.05) is 0 Å². The van der Waals surface area contributed by atoms with Crippen LogP contribution in [0.4, 0.5) is 0 Å². The molecule has 20 heteroatoms. The van der Waals surface area contributed by atoms with Crippen LogP contribution < -0.4 is 11.2 Å². The van der Waals surface area contributed by atoms with Crippen molar-refractivity contribution in [2.45, 2.75) is 37.1 Å². The molecule has 1 aromatic heterocycles. The number of fused-ring (bicyclic) bond motifs is 2. The van der Waals surface area contributed by atoms with Crippen molar-refractivity contribution in [3.8, 4) is 0 Å². The number of ether oxygens (including phenoxy) is 2. The molecule has 3 heterocycles. The molecule has 0 radical (unpaired) electrons. The number of rotatable bonds is 8. The van der Waals surface area contributed by atoms with Gasteiger partial charge in [0, 0.05) is 12.3 Å². The van der Waals surface area contributed by atoms with Crippen LogP contribution in [0.25, 0.3) is 0 Å². The summed E-state index contributed by atoms with van der Waals surface area (Å²) in [6.45, 7) is 0.416. The second kappa shape index (κ2) is 8.08. The number of H-pyrrole nitrogens is 1. The fourth-order valence-electron chi connectivity index (χ4n) is 3.19. The zero-order valence-corrected chi connectivity index (χ0v) is 18.0. The average Bonchev–Trinajstić information content (AvgIpc) is 2.96. The van der Waals surface area contributed by atoms with Gasteiger partial charge in [0.2, 0.25) is 0 Å². The molecule has 0 amide bonds. The Balaban J connectivity index is 1.78. The highest BCUT2D eigenvalue weighted by Crippen LogP contribution is 2.66. The first kappa shape index (κ1) is 24.6. The fourth-order valence-corrected chi connectivity index (χ4v) is 6.25. The summed E-state index contributed by atoms with van der Waals surface area (Å²) in [4.78, 5) is 61.1. The van der Waals surface area contributed by atoms with Crippen molar-refractivity contribution in [2.24, 2.45) is 0 Å². The van der Waals surface area contributed by atoms with E-state index in [0.29, 0.717) is 0 Å². The minimum atomic E-state index is -5.73. The first-order valence-corrected chi connectivity index (χ1v) is 12.7. The maximum Gasteiger partial charge on any atom is 0.490 e. The molecule has 3 rings (SSSR count). The van der Waals surface area contributed by atoms with E-state index >= 15 is 0 Å². The van der Waals surface area contributed by atoms with Gasteiger partial charge in [0.25, 0.3) is 5.56 Å². The summed E-state index contributed by atoms with van der Waals surface area (Å²) in [5, 5.41) is 10.5. The molecule has 7 unspecified atom stereocenters. The zero-order valence-electron chi connectivity index (χ0n) is 15.3. The largest absolute Gasteiger partial charge is 0.490 e. The number of aromatic nitrogens is 2. The van der Waals surface area contributed by atoms with Crippen molar-refractivity contribution in [3.05, 3.63) is 33.1 Å². The lowest BCUT2D eigenvalue weighted by atomic mass is 9.94. The fraction of sp³-hybridized carbons (Fsp3) is 0.636. The van der Waals surface area contributed by atoms with Gasteiger partial charge in [-0.15, -0.1) is 0 Å². The molecule has 31 heavy (non-hydrogen) atoms. The SMILES string of the molecule is CC1OC2C(n3ccc(=O)[nH]c3=O)OC1(COP(=O)(O)OP(=O)(O)OP(=O)(O)O)C2O. The van der Waals surface area contributed by atoms with E-state index < -0.39 is 71.5 Å². The summed E-state index contributed by atoms with van der Waals surface area (Å²) in [6.07, 6.45) is -3.88. The Labute approximate surface area is 171 Å². The maximum absolute atomic E-state index is 12.0. The van der Waals surface area contributed by atoms with Gasteiger partial charge < -0.3 is 34.2 Å². The van der Waals surface area contributed by atoms with E-state index in [-0.39, 0.29) is 0 Å². The molecule has 176 valence electrons. The van der Waals surface area contributed by atoms with Gasteiger partial charge in [0.1, 0.15) is 17.8 Å². The highest BCUT2D eigenvalue weighted by atomic mass is 31.3. The molecule has 0 spiro atoms. The Kier molecular flexibility index (Phi) is 6.41. The molecule has 17 nitrogen and oxygen atoms in total. The van der Waals surface area contributed by atoms with Crippen LogP contribution in [-0.2, 0) is 36.3 Å². The average molecular weight is 510 g/mol. The normalized spacial score (nSPS) is 34.4. The summed E-state index contributed by atoms with van der Waals surface area (Å²) in [6, 6.07) is 1.01. The van der Waals surface area contributed by atoms with Crippen LogP contribution in [0.5, 0.6) is 0 Å². The van der Waals surface area contributed by atoms with Crippen LogP contribution in [0.1, 0.15) is 13.2 Å². The minimum Gasteiger partial charge on any atom is -0.387 e. The molecule has 0 saturated carbocycles. The molecular weight excluding hydrogens is 493 g/mol. The molecule has 2 aliphatic heterocycles. The number of hydrogen-bond donors (Lipinski definition) is 6. The lowest BCUT2D eigenvalue weighted by molar-refractivity contribution is -0.217. The van der Waals surface area contributed by atoms with Gasteiger partial charge in [-0.2, -0.15) is 8.62 Å². The number of aliphatic hydroxyl groups is 1. The molecule has 7 atom stereocenters. The Bertz CT molecular complexity index is 1110. The highest BCUT2D eigenvalue weighted by Gasteiger charge is 2.66. The van der Waals surface area contributed by atoms with Crippen molar-refractivity contribution in [1.29, 1.82) is 0 Å². The predicted molar refractivity (Wildman–Crippen MR) is 94.3 cm³/mol. The third-order valence-electron chi connectivity index (χ3n) is 4.48. The second-order valence-corrected chi connectivity index (χ2v) is 11.0. The quantitative estimate of drug-likeness (QED) is 0.213. The number of hydrogen-bond acceptors (Lipinski definition) is 11. The Hall–Kier alpha value is -1.03. The molecule has 2 fully saturated rings. The molecule has 0 aromatic carbocycles. The van der Waals surface area contributed by atoms with E-state index in [1.165, 1.54) is 6.92 Å². The van der Waals surface area contributed by atoms with Gasteiger partial charge in [0.15, 0.2) is 6.23 Å². The molecule has 6 N–H and O–H groups in total. The van der Waals surface area contributed by atoms with Gasteiger partial charge in [-0.3, -0.25) is 18.9 Å². The topological polar surface area (TPSA) is 253 Å². The third-order valence-corrected chi connectivity index (χ3v) is 8.26. The molecule has 2 bridgehead atoms. The Morgan fingerprint density at radius 1 is 1.16 bits per heavy atom. The number of nitrogens with one attached hydrogen (secondary N) is 1. The molecule has 2 aliphatic rings. The monoisotopic (exact) mass is 510 g/mol. The lowest BCUT2D eigenvalue weighted by Gasteiger charge is -2.35. The predicted octanol–water partition coefficient (Wildman–Crippen LogP) is -1.70. The van der Waals surface area contributed by atoms with Crippen molar-refractivity contribution < 1.29 is 61.0 Å². The van der Waals surface area contributed by atoms with Crippen LogP contribution in [0.3, 0.4) is 0 Å². The summed E-state index contributed by atoms with van der Waals surface area (Å²) < 4.78 is 57.9. The third kappa shape index (κ3) is 5.15. The Morgan fingerprint density at radius 3 is 2.39 bits per heavy atom. The van der Waals surface area contributed by atoms with E-state index in [1.807, 2.05) is 4.98 Å². The number of phosphoric ester groups is 1. The lowest BCUT2D eigenvalue weighted by Crippen LogP contribution is -2.50. The van der Waals surface area contributed by atoms with Crippen molar-refractivity contribution in [3.63, 3.8) is 0 Å². The molecule has 1 aromatic rings. The van der Waals surface area contributed by atoms with E-state index in [0.717, 1.165) is 16.8 Å². The van der Waals surface area contributed by atoms with E-state index in [9.17, 15) is 38.2 Å². The van der Waals surface area contributed by atoms with Crippen LogP contribution in [0.15, 0.2) is 21.9 Å². The number of aliphatic hydroxyl groups excluding tert-OH is 1. The standard InChI is InChI=1S/C11H17N2O15P3/c1-5-11(4-24-30(20,21)28-31(22,23)27-29(17,18)19)8(15)7(25-5)9(26-11)13-3-2-6(14)12-10(13)16/h2-3,5,7-9,15H,4H2,1H3,(H,20,21)(H,22,23)(H,12,14,16)(H2,17,18,19). The number of nitrogens with zero attached hydrogens (tertiary/aromatic N) is 1. The van der Waals surface area contributed by atoms with E-state index in [4.69, 9.17) is 19.3 Å². The van der Waals surface area contributed by atoms with Crippen LogP contribution in [0.2, 0.25) is 0 Å². The summed E-state index contributed by atoms with van der Waals surface area (Å²) in [7, 11) is -16.8. The summed E-state index contributed by atoms with van der Waals surface area (Å²) in [5.74, 6) is 0. The Morgan fingerprint density at radius 2 is 1.81 bits per heavy atom. The van der Waals surface area contributed by atoms with Crippen molar-refractivity contribution in [2.75, 3.05) is 6.61 Å². The zero-order chi connectivity index (χ0) is 23.4. The highest BCUT2D eigenvalue weighted by molar-refractivity contribution is 7.66. The minimum absolute atomic E-state index is 0.693. The molecule has 0 aliphatic carbocycles.